The van der Waals surface area contributed by atoms with Gasteiger partial charge in [0.25, 0.3) is 0 Å². The second kappa shape index (κ2) is 11.4. The van der Waals surface area contributed by atoms with Gasteiger partial charge in [-0.2, -0.15) is 0 Å². The van der Waals surface area contributed by atoms with Gasteiger partial charge in [-0.25, -0.2) is 4.39 Å². The molecule has 3 rings (SSSR count). The maximum atomic E-state index is 14.0. The lowest BCUT2D eigenvalue weighted by Gasteiger charge is -2.33. The Labute approximate surface area is 186 Å². The van der Waals surface area contributed by atoms with Gasteiger partial charge in [-0.3, -0.25) is 9.69 Å². The van der Waals surface area contributed by atoms with Crippen molar-refractivity contribution in [3.8, 4) is 5.75 Å². The van der Waals surface area contributed by atoms with Gasteiger partial charge in [-0.05, 0) is 44.1 Å². The summed E-state index contributed by atoms with van der Waals surface area (Å²) in [6, 6.07) is 12.0. The van der Waals surface area contributed by atoms with E-state index in [1.54, 1.807) is 36.4 Å². The minimum absolute atomic E-state index is 0.0817. The first-order valence-electron chi connectivity index (χ1n) is 10.4. The number of ether oxygens (including phenoxy) is 1. The average molecular weight is 451 g/mol. The molecule has 0 aromatic heterocycles. The van der Waals surface area contributed by atoms with Crippen molar-refractivity contribution in [2.24, 2.45) is 0 Å². The van der Waals surface area contributed by atoms with Crippen molar-refractivity contribution in [3.63, 3.8) is 0 Å². The highest BCUT2D eigenvalue weighted by Crippen LogP contribution is 2.20. The van der Waals surface area contributed by atoms with Gasteiger partial charge in [-0.1, -0.05) is 35.9 Å². The number of likely N-dealkylation sites (tertiary alicyclic amines) is 1. The molecule has 1 atom stereocenters. The Morgan fingerprint density at radius 3 is 2.68 bits per heavy atom. The van der Waals surface area contributed by atoms with Crippen molar-refractivity contribution < 1.29 is 24.1 Å². The Hall–Kier alpha value is -2.19. The van der Waals surface area contributed by atoms with Crippen LogP contribution >= 0.6 is 11.6 Å². The van der Waals surface area contributed by atoms with Crippen molar-refractivity contribution in [3.05, 3.63) is 64.4 Å². The summed E-state index contributed by atoms with van der Waals surface area (Å²) in [7, 11) is 0. The van der Waals surface area contributed by atoms with Crippen LogP contribution in [0.2, 0.25) is 5.02 Å². The lowest BCUT2D eigenvalue weighted by Crippen LogP contribution is -2.45. The van der Waals surface area contributed by atoms with Gasteiger partial charge >= 0.3 is 5.97 Å². The number of nitrogens with one attached hydrogen (secondary N) is 1. The molecule has 0 saturated carbocycles. The second-order valence-corrected chi connectivity index (χ2v) is 8.27. The average Bonchev–Trinajstić information content (AvgIpc) is 2.74. The highest BCUT2D eigenvalue weighted by Gasteiger charge is 2.21. The van der Waals surface area contributed by atoms with Crippen LogP contribution in [0, 0.1) is 5.82 Å². The molecule has 3 N–H and O–H groups in total. The number of halogens is 2. The predicted octanol–water partition coefficient (Wildman–Crippen LogP) is 3.10. The van der Waals surface area contributed by atoms with Crippen LogP contribution in [0.25, 0.3) is 0 Å². The maximum absolute atomic E-state index is 14.0. The van der Waals surface area contributed by atoms with Gasteiger partial charge in [0, 0.05) is 35.3 Å². The lowest BCUT2D eigenvalue weighted by molar-refractivity contribution is -0.136. The summed E-state index contributed by atoms with van der Waals surface area (Å²) in [5.41, 5.74) is 1.23. The van der Waals surface area contributed by atoms with E-state index in [9.17, 15) is 14.3 Å². The van der Waals surface area contributed by atoms with Crippen LogP contribution < -0.4 is 10.1 Å². The molecule has 0 bridgehead atoms. The van der Waals surface area contributed by atoms with Gasteiger partial charge in [0.1, 0.15) is 24.3 Å². The van der Waals surface area contributed by atoms with Gasteiger partial charge in [-0.15, -0.1) is 0 Å². The first-order valence-corrected chi connectivity index (χ1v) is 10.8. The number of rotatable bonds is 10. The van der Waals surface area contributed by atoms with Gasteiger partial charge < -0.3 is 20.3 Å². The molecule has 1 heterocycles. The molecule has 0 aliphatic carbocycles. The summed E-state index contributed by atoms with van der Waals surface area (Å²) >= 11 is 5.81. The fourth-order valence-corrected chi connectivity index (χ4v) is 3.85. The number of carbonyl (C=O) groups is 1. The maximum Gasteiger partial charge on any atom is 0.307 e. The van der Waals surface area contributed by atoms with Crippen molar-refractivity contribution in [1.82, 2.24) is 10.2 Å². The van der Waals surface area contributed by atoms with Crippen molar-refractivity contribution >= 4 is 17.6 Å². The number of benzene rings is 2. The normalized spacial score (nSPS) is 16.2. The first-order chi connectivity index (χ1) is 14.9. The van der Waals surface area contributed by atoms with Crippen LogP contribution in [0.1, 0.15) is 24.0 Å². The fraction of sp³-hybridized carbons (Fsp3) is 0.435. The Balaban J connectivity index is 1.37. The number of carboxylic acids is 1. The van der Waals surface area contributed by atoms with Gasteiger partial charge in [0.15, 0.2) is 0 Å². The molecule has 1 fully saturated rings. The molecular formula is C23H28ClFN2O4. The molecular weight excluding hydrogens is 423 g/mol. The number of nitrogens with zero attached hydrogens (tertiary/aromatic N) is 1. The number of hydrogen-bond acceptors (Lipinski definition) is 5. The van der Waals surface area contributed by atoms with E-state index in [4.69, 9.17) is 21.4 Å². The molecule has 8 heteroatoms. The standard InChI is InChI=1S/C23H28ClFN2O4/c24-18-6-5-17(21(25)12-18)14-27-9-7-19(8-10-27)26-13-20(28)15-31-22-4-2-1-3-16(22)11-23(29)30/h1-6,12,19-20,26,28H,7-11,13-15H2,(H,29,30)/t20-/m1/s1. The van der Waals surface area contributed by atoms with Crippen molar-refractivity contribution in [1.29, 1.82) is 0 Å². The number of hydrogen-bond donors (Lipinski definition) is 3. The summed E-state index contributed by atoms with van der Waals surface area (Å²) in [4.78, 5) is 13.2. The molecule has 0 amide bonds. The Morgan fingerprint density at radius 2 is 1.97 bits per heavy atom. The fourth-order valence-electron chi connectivity index (χ4n) is 3.69. The van der Waals surface area contributed by atoms with Crippen LogP contribution in [0.3, 0.4) is 0 Å². The second-order valence-electron chi connectivity index (χ2n) is 7.84. The Bertz CT molecular complexity index is 874. The molecule has 1 aliphatic rings. The van der Waals surface area contributed by atoms with Crippen LogP contribution in [0.5, 0.6) is 5.75 Å². The summed E-state index contributed by atoms with van der Waals surface area (Å²) in [5.74, 6) is -0.726. The van der Waals surface area contributed by atoms with E-state index in [1.807, 2.05) is 0 Å². The minimum atomic E-state index is -0.927. The predicted molar refractivity (Wildman–Crippen MR) is 117 cm³/mol. The van der Waals surface area contributed by atoms with E-state index in [0.717, 1.165) is 25.9 Å². The van der Waals surface area contributed by atoms with E-state index in [0.29, 0.717) is 35.0 Å². The number of aliphatic hydroxyl groups excluding tert-OH is 1. The third kappa shape index (κ3) is 7.47. The van der Waals surface area contributed by atoms with Crippen LogP contribution in [-0.4, -0.2) is 59.5 Å². The summed E-state index contributed by atoms with van der Waals surface area (Å²) in [5, 5.41) is 23.0. The number of piperidine rings is 1. The number of aliphatic hydroxyl groups is 1. The number of aliphatic carboxylic acids is 1. The zero-order valence-electron chi connectivity index (χ0n) is 17.3. The van der Waals surface area contributed by atoms with Gasteiger partial charge in [0.05, 0.1) is 6.42 Å². The smallest absolute Gasteiger partial charge is 0.307 e. The summed E-state index contributed by atoms with van der Waals surface area (Å²) < 4.78 is 19.6. The highest BCUT2D eigenvalue weighted by atomic mass is 35.5. The molecule has 2 aromatic carbocycles. The monoisotopic (exact) mass is 450 g/mol. The van der Waals surface area contributed by atoms with Crippen molar-refractivity contribution in [2.75, 3.05) is 26.2 Å². The number of carboxylic acid groups (broad SMARTS) is 1. The molecule has 1 aliphatic heterocycles. The highest BCUT2D eigenvalue weighted by molar-refractivity contribution is 6.30. The van der Waals surface area contributed by atoms with E-state index < -0.39 is 12.1 Å². The first kappa shape index (κ1) is 23.5. The quantitative estimate of drug-likeness (QED) is 0.516. The van der Waals surface area contributed by atoms with Crippen LogP contribution in [-0.2, 0) is 17.8 Å². The third-order valence-electron chi connectivity index (χ3n) is 5.38. The molecule has 31 heavy (non-hydrogen) atoms. The SMILES string of the molecule is O=C(O)Cc1ccccc1OC[C@H](O)CNC1CCN(Cc2ccc(Cl)cc2F)CC1. The summed E-state index contributed by atoms with van der Waals surface area (Å²) in [6.07, 6.45) is 0.983. The topological polar surface area (TPSA) is 82.0 Å². The zero-order chi connectivity index (χ0) is 22.2. The molecule has 2 aromatic rings. The lowest BCUT2D eigenvalue weighted by atomic mass is 10.0. The minimum Gasteiger partial charge on any atom is -0.491 e. The zero-order valence-corrected chi connectivity index (χ0v) is 18.0. The van der Waals surface area contributed by atoms with Gasteiger partial charge in [0.2, 0.25) is 0 Å². The third-order valence-corrected chi connectivity index (χ3v) is 5.62. The number of para-hydroxylation sites is 1. The molecule has 1 saturated heterocycles. The van der Waals surface area contributed by atoms with E-state index in [1.165, 1.54) is 6.07 Å². The van der Waals surface area contributed by atoms with Crippen LogP contribution in [0.15, 0.2) is 42.5 Å². The molecule has 0 radical (unpaired) electrons. The molecule has 0 unspecified atom stereocenters. The van der Waals surface area contributed by atoms with E-state index in [2.05, 4.69) is 10.2 Å². The summed E-state index contributed by atoms with van der Waals surface area (Å²) in [6.45, 7) is 2.71. The van der Waals surface area contributed by atoms with Crippen molar-refractivity contribution in [2.45, 2.75) is 38.0 Å². The van der Waals surface area contributed by atoms with Crippen LogP contribution in [0.4, 0.5) is 4.39 Å². The Morgan fingerprint density at radius 1 is 1.23 bits per heavy atom. The molecule has 0 spiro atoms. The Kier molecular flexibility index (Phi) is 8.66. The molecule has 168 valence electrons. The molecule has 6 nitrogen and oxygen atoms in total. The van der Waals surface area contributed by atoms with E-state index in [-0.39, 0.29) is 24.9 Å². The van der Waals surface area contributed by atoms with E-state index >= 15 is 0 Å². The largest absolute Gasteiger partial charge is 0.491 e.